The lowest BCUT2D eigenvalue weighted by molar-refractivity contribution is -0.120. The molecule has 4 heteroatoms. The van der Waals surface area contributed by atoms with Gasteiger partial charge < -0.3 is 4.74 Å². The van der Waals surface area contributed by atoms with Crippen molar-refractivity contribution < 1.29 is 13.9 Å². The summed E-state index contributed by atoms with van der Waals surface area (Å²) in [6.07, 6.45) is 6.20. The van der Waals surface area contributed by atoms with Crippen molar-refractivity contribution in [3.8, 4) is 5.88 Å². The molecule has 1 aliphatic rings. The highest BCUT2D eigenvalue weighted by Crippen LogP contribution is 2.40. The van der Waals surface area contributed by atoms with Crippen LogP contribution in [0.5, 0.6) is 5.88 Å². The zero-order valence-corrected chi connectivity index (χ0v) is 13.6. The normalized spacial score (nSPS) is 17.5. The van der Waals surface area contributed by atoms with Crippen LogP contribution < -0.4 is 4.74 Å². The molecule has 3 nitrogen and oxygen atoms in total. The van der Waals surface area contributed by atoms with Gasteiger partial charge in [-0.05, 0) is 50.8 Å². The standard InChI is InChI=1S/C18H24FNO2/c1-4-6-15(7-5-8-16(21)18(19)9-10-18)22-17-12-13(2)11-14(3)20-17/h5,8,11-12,15H,4,6-7,9-10H2,1-3H3/b8-5+/t15-/m1/s1. The molecule has 0 N–H and O–H groups in total. The van der Waals surface area contributed by atoms with Crippen LogP contribution in [0.3, 0.4) is 0 Å². The molecule has 22 heavy (non-hydrogen) atoms. The van der Waals surface area contributed by atoms with Gasteiger partial charge in [-0.15, -0.1) is 0 Å². The molecule has 1 aromatic heterocycles. The molecular weight excluding hydrogens is 281 g/mol. The van der Waals surface area contributed by atoms with Crippen molar-refractivity contribution in [2.75, 3.05) is 0 Å². The molecule has 0 amide bonds. The van der Waals surface area contributed by atoms with Gasteiger partial charge in [0.15, 0.2) is 11.5 Å². The van der Waals surface area contributed by atoms with Crippen LogP contribution in [0.1, 0.15) is 50.3 Å². The highest BCUT2D eigenvalue weighted by Gasteiger charge is 2.49. The third-order valence-electron chi connectivity index (χ3n) is 3.77. The number of aryl methyl sites for hydroxylation is 2. The summed E-state index contributed by atoms with van der Waals surface area (Å²) in [6, 6.07) is 3.90. The smallest absolute Gasteiger partial charge is 0.213 e. The summed E-state index contributed by atoms with van der Waals surface area (Å²) in [5, 5.41) is 0. The summed E-state index contributed by atoms with van der Waals surface area (Å²) in [5.74, 6) is 0.201. The molecule has 0 spiro atoms. The van der Waals surface area contributed by atoms with E-state index in [1.165, 1.54) is 6.08 Å². The summed E-state index contributed by atoms with van der Waals surface area (Å²) in [7, 11) is 0. The Bertz CT molecular complexity index is 544. The Hall–Kier alpha value is -1.71. The molecular formula is C18H24FNO2. The van der Waals surface area contributed by atoms with Crippen LogP contribution in [-0.2, 0) is 4.79 Å². The van der Waals surface area contributed by atoms with E-state index in [-0.39, 0.29) is 6.10 Å². The van der Waals surface area contributed by atoms with Crippen molar-refractivity contribution in [1.29, 1.82) is 0 Å². The monoisotopic (exact) mass is 305 g/mol. The molecule has 1 saturated carbocycles. The first-order chi connectivity index (χ1) is 10.4. The molecule has 1 heterocycles. The Balaban J connectivity index is 1.94. The predicted molar refractivity (Wildman–Crippen MR) is 84.9 cm³/mol. The molecule has 0 unspecified atom stereocenters. The first kappa shape index (κ1) is 16.7. The van der Waals surface area contributed by atoms with E-state index in [4.69, 9.17) is 4.74 Å². The zero-order valence-electron chi connectivity index (χ0n) is 13.6. The fourth-order valence-corrected chi connectivity index (χ4v) is 2.41. The van der Waals surface area contributed by atoms with Gasteiger partial charge in [0, 0.05) is 18.2 Å². The number of allylic oxidation sites excluding steroid dienone is 1. The van der Waals surface area contributed by atoms with Crippen LogP contribution in [0.15, 0.2) is 24.3 Å². The Morgan fingerprint density at radius 1 is 1.45 bits per heavy atom. The Morgan fingerprint density at radius 3 is 2.77 bits per heavy atom. The lowest BCUT2D eigenvalue weighted by atomic mass is 10.1. The Labute approximate surface area is 131 Å². The third-order valence-corrected chi connectivity index (χ3v) is 3.77. The van der Waals surface area contributed by atoms with E-state index in [2.05, 4.69) is 11.9 Å². The second-order valence-electron chi connectivity index (χ2n) is 6.12. The molecule has 0 aromatic carbocycles. The number of carbonyl (C=O) groups excluding carboxylic acids is 1. The summed E-state index contributed by atoms with van der Waals surface area (Å²) >= 11 is 0. The number of halogens is 1. The highest BCUT2D eigenvalue weighted by atomic mass is 19.1. The van der Waals surface area contributed by atoms with E-state index in [0.717, 1.165) is 24.1 Å². The van der Waals surface area contributed by atoms with Gasteiger partial charge in [0.25, 0.3) is 0 Å². The van der Waals surface area contributed by atoms with E-state index in [0.29, 0.717) is 25.1 Å². The quantitative estimate of drug-likeness (QED) is 0.674. The fraction of sp³-hybridized carbons (Fsp3) is 0.556. The molecule has 0 saturated heterocycles. The molecule has 1 aliphatic carbocycles. The van der Waals surface area contributed by atoms with Gasteiger partial charge in [-0.1, -0.05) is 19.4 Å². The lowest BCUT2D eigenvalue weighted by Crippen LogP contribution is -2.17. The van der Waals surface area contributed by atoms with Gasteiger partial charge in [-0.2, -0.15) is 0 Å². The average molecular weight is 305 g/mol. The molecule has 2 rings (SSSR count). The van der Waals surface area contributed by atoms with Gasteiger partial charge in [0.2, 0.25) is 5.88 Å². The second kappa shape index (κ2) is 7.03. The molecule has 0 aliphatic heterocycles. The van der Waals surface area contributed by atoms with Crippen molar-refractivity contribution in [1.82, 2.24) is 4.98 Å². The molecule has 0 bridgehead atoms. The van der Waals surface area contributed by atoms with Crippen LogP contribution in [0.4, 0.5) is 4.39 Å². The van der Waals surface area contributed by atoms with E-state index in [9.17, 15) is 9.18 Å². The number of carbonyl (C=O) groups is 1. The lowest BCUT2D eigenvalue weighted by Gasteiger charge is -2.17. The number of rotatable bonds is 8. The van der Waals surface area contributed by atoms with E-state index < -0.39 is 11.5 Å². The zero-order chi connectivity index (χ0) is 16.2. The largest absolute Gasteiger partial charge is 0.474 e. The van der Waals surface area contributed by atoms with E-state index in [1.807, 2.05) is 26.0 Å². The van der Waals surface area contributed by atoms with Gasteiger partial charge in [0.05, 0.1) is 0 Å². The maximum absolute atomic E-state index is 13.6. The van der Waals surface area contributed by atoms with Crippen molar-refractivity contribution in [3.63, 3.8) is 0 Å². The number of alkyl halides is 1. The van der Waals surface area contributed by atoms with Crippen LogP contribution in [-0.4, -0.2) is 22.5 Å². The Kier molecular flexibility index (Phi) is 5.33. The van der Waals surface area contributed by atoms with Crippen molar-refractivity contribution in [3.05, 3.63) is 35.5 Å². The van der Waals surface area contributed by atoms with Gasteiger partial charge in [-0.3, -0.25) is 4.79 Å². The summed E-state index contributed by atoms with van der Waals surface area (Å²) in [6.45, 7) is 6.02. The fourth-order valence-electron chi connectivity index (χ4n) is 2.41. The van der Waals surface area contributed by atoms with E-state index in [1.54, 1.807) is 6.08 Å². The number of aromatic nitrogens is 1. The predicted octanol–water partition coefficient (Wildman–Crippen LogP) is 4.26. The SMILES string of the molecule is CCC[C@H](C/C=C/C(=O)C1(F)CC1)Oc1cc(C)cc(C)n1. The number of hydrogen-bond acceptors (Lipinski definition) is 3. The molecule has 1 fully saturated rings. The summed E-state index contributed by atoms with van der Waals surface area (Å²) in [5.41, 5.74) is 0.452. The molecule has 1 atom stereocenters. The van der Waals surface area contributed by atoms with E-state index >= 15 is 0 Å². The number of nitrogens with zero attached hydrogens (tertiary/aromatic N) is 1. The van der Waals surface area contributed by atoms with Gasteiger partial charge >= 0.3 is 0 Å². The molecule has 0 radical (unpaired) electrons. The van der Waals surface area contributed by atoms with Crippen molar-refractivity contribution in [2.45, 2.75) is 64.6 Å². The molecule has 1 aromatic rings. The first-order valence-corrected chi connectivity index (χ1v) is 7.95. The summed E-state index contributed by atoms with van der Waals surface area (Å²) < 4.78 is 19.5. The minimum Gasteiger partial charge on any atom is -0.474 e. The Morgan fingerprint density at radius 2 is 2.18 bits per heavy atom. The third kappa shape index (κ3) is 4.65. The average Bonchev–Trinajstić information content (AvgIpc) is 3.17. The number of hydrogen-bond donors (Lipinski definition) is 0. The first-order valence-electron chi connectivity index (χ1n) is 7.95. The molecule has 120 valence electrons. The van der Waals surface area contributed by atoms with Crippen LogP contribution in [0, 0.1) is 13.8 Å². The maximum atomic E-state index is 13.6. The second-order valence-corrected chi connectivity index (χ2v) is 6.12. The maximum Gasteiger partial charge on any atom is 0.213 e. The van der Waals surface area contributed by atoms with Crippen LogP contribution >= 0.6 is 0 Å². The van der Waals surface area contributed by atoms with Crippen LogP contribution in [0.25, 0.3) is 0 Å². The summed E-state index contributed by atoms with van der Waals surface area (Å²) in [4.78, 5) is 16.0. The topological polar surface area (TPSA) is 39.2 Å². The van der Waals surface area contributed by atoms with Crippen molar-refractivity contribution in [2.24, 2.45) is 0 Å². The highest BCUT2D eigenvalue weighted by molar-refractivity contribution is 5.99. The number of pyridine rings is 1. The van der Waals surface area contributed by atoms with Gasteiger partial charge in [0.1, 0.15) is 6.10 Å². The van der Waals surface area contributed by atoms with Crippen molar-refractivity contribution >= 4 is 5.78 Å². The minimum atomic E-state index is -1.58. The van der Waals surface area contributed by atoms with Gasteiger partial charge in [-0.25, -0.2) is 9.37 Å². The minimum absolute atomic E-state index is 0.0440. The van der Waals surface area contributed by atoms with Crippen LogP contribution in [0.2, 0.25) is 0 Å². The number of ether oxygens (including phenoxy) is 1. The number of ketones is 1.